The molecule has 5 heteroatoms. The van der Waals surface area contributed by atoms with Crippen LogP contribution in [0.3, 0.4) is 0 Å². The molecule has 0 amide bonds. The van der Waals surface area contributed by atoms with Crippen molar-refractivity contribution in [2.45, 2.75) is 18.7 Å². The van der Waals surface area contributed by atoms with Crippen LogP contribution in [0.1, 0.15) is 23.1 Å². The van der Waals surface area contributed by atoms with Crippen LogP contribution in [0.15, 0.2) is 54.6 Å². The molecule has 23 heavy (non-hydrogen) atoms. The number of hydrogen-bond donors (Lipinski definition) is 1. The van der Waals surface area contributed by atoms with Crippen molar-refractivity contribution >= 4 is 9.84 Å². The molecule has 0 aliphatic rings. The summed E-state index contributed by atoms with van der Waals surface area (Å²) < 4.78 is 24.1. The highest BCUT2D eigenvalue weighted by molar-refractivity contribution is 7.90. The molecule has 4 nitrogen and oxygen atoms in total. The highest BCUT2D eigenvalue weighted by Gasteiger charge is 2.11. The average molecular weight is 328 g/mol. The molecule has 0 aromatic heterocycles. The van der Waals surface area contributed by atoms with Crippen molar-refractivity contribution in [2.75, 3.05) is 12.3 Å². The summed E-state index contributed by atoms with van der Waals surface area (Å²) in [4.78, 5) is 0. The molecule has 2 rings (SSSR count). The molecule has 2 aromatic carbocycles. The Kier molecular flexibility index (Phi) is 6.33. The molecule has 0 radical (unpaired) electrons. The van der Waals surface area contributed by atoms with Crippen molar-refractivity contribution in [3.05, 3.63) is 71.3 Å². The third-order valence-electron chi connectivity index (χ3n) is 3.45. The number of nitrogens with zero attached hydrogens (tertiary/aromatic N) is 1. The second-order valence-corrected chi connectivity index (χ2v) is 7.60. The van der Waals surface area contributed by atoms with E-state index in [-0.39, 0.29) is 11.5 Å². The predicted molar refractivity (Wildman–Crippen MR) is 91.4 cm³/mol. The fourth-order valence-corrected chi connectivity index (χ4v) is 3.68. The Morgan fingerprint density at radius 1 is 0.957 bits per heavy atom. The first-order valence-corrected chi connectivity index (χ1v) is 9.35. The zero-order valence-electron chi connectivity index (χ0n) is 12.9. The van der Waals surface area contributed by atoms with Gasteiger partial charge in [-0.3, -0.25) is 0 Å². The second-order valence-electron chi connectivity index (χ2n) is 5.42. The Morgan fingerprint density at radius 2 is 1.65 bits per heavy atom. The first-order chi connectivity index (χ1) is 11.1. The van der Waals surface area contributed by atoms with Gasteiger partial charge in [0.1, 0.15) is 0 Å². The van der Waals surface area contributed by atoms with Crippen LogP contribution in [0.4, 0.5) is 0 Å². The lowest BCUT2D eigenvalue weighted by molar-refractivity contribution is 0.588. The maximum atomic E-state index is 12.0. The minimum absolute atomic E-state index is 0.101. The Morgan fingerprint density at radius 3 is 2.30 bits per heavy atom. The Hall–Kier alpha value is -2.16. The Balaban J connectivity index is 1.69. The topological polar surface area (TPSA) is 70.0 Å². The van der Waals surface area contributed by atoms with E-state index in [2.05, 4.69) is 11.4 Å². The van der Waals surface area contributed by atoms with E-state index in [4.69, 9.17) is 5.26 Å². The van der Waals surface area contributed by atoms with E-state index < -0.39 is 9.84 Å². The molecule has 0 saturated carbocycles. The van der Waals surface area contributed by atoms with Gasteiger partial charge in [-0.25, -0.2) is 8.42 Å². The molecule has 2 aromatic rings. The maximum absolute atomic E-state index is 12.0. The van der Waals surface area contributed by atoms with Gasteiger partial charge in [0.25, 0.3) is 0 Å². The maximum Gasteiger partial charge on any atom is 0.154 e. The van der Waals surface area contributed by atoms with E-state index in [1.54, 1.807) is 12.1 Å². The number of hydrogen-bond acceptors (Lipinski definition) is 4. The lowest BCUT2D eigenvalue weighted by Crippen LogP contribution is -2.19. The minimum atomic E-state index is -3.06. The van der Waals surface area contributed by atoms with Crippen LogP contribution in [0.2, 0.25) is 0 Å². The first-order valence-electron chi connectivity index (χ1n) is 7.53. The molecule has 0 atom stereocenters. The monoisotopic (exact) mass is 328 g/mol. The number of benzene rings is 2. The Labute approximate surface area is 137 Å². The number of sulfone groups is 1. The normalized spacial score (nSPS) is 11.1. The van der Waals surface area contributed by atoms with E-state index >= 15 is 0 Å². The highest BCUT2D eigenvalue weighted by Crippen LogP contribution is 2.07. The molecule has 0 aliphatic carbocycles. The SMILES string of the molecule is N#Cc1ccc(CNCCCS(=O)(=O)Cc2ccccc2)cc1. The molecule has 120 valence electrons. The van der Waals surface area contributed by atoms with E-state index in [1.807, 2.05) is 42.5 Å². The van der Waals surface area contributed by atoms with Gasteiger partial charge >= 0.3 is 0 Å². The van der Waals surface area contributed by atoms with Crippen LogP contribution in [0, 0.1) is 11.3 Å². The summed E-state index contributed by atoms with van der Waals surface area (Å²) in [6.45, 7) is 1.32. The van der Waals surface area contributed by atoms with Gasteiger partial charge in [-0.2, -0.15) is 5.26 Å². The molecule has 1 N–H and O–H groups in total. The van der Waals surface area contributed by atoms with E-state index in [1.165, 1.54) is 0 Å². The molecule has 0 fully saturated rings. The summed E-state index contributed by atoms with van der Waals surface area (Å²) in [7, 11) is -3.06. The molecular weight excluding hydrogens is 308 g/mol. The van der Waals surface area contributed by atoms with E-state index in [0.717, 1.165) is 11.1 Å². The van der Waals surface area contributed by atoms with Crippen LogP contribution in [0.25, 0.3) is 0 Å². The smallest absolute Gasteiger partial charge is 0.154 e. The standard InChI is InChI=1S/C18H20N2O2S/c19-13-16-7-9-17(10-8-16)14-20-11-4-12-23(21,22)15-18-5-2-1-3-6-18/h1-3,5-10,20H,4,11-12,14-15H2. The molecule has 0 saturated heterocycles. The third-order valence-corrected chi connectivity index (χ3v) is 5.13. The van der Waals surface area contributed by atoms with Gasteiger partial charge in [0.05, 0.1) is 23.1 Å². The molecule has 0 aliphatic heterocycles. The van der Waals surface area contributed by atoms with Crippen molar-refractivity contribution in [3.8, 4) is 6.07 Å². The van der Waals surface area contributed by atoms with Crippen LogP contribution in [0.5, 0.6) is 0 Å². The van der Waals surface area contributed by atoms with Gasteiger partial charge in [-0.15, -0.1) is 0 Å². The third kappa shape index (κ3) is 6.23. The van der Waals surface area contributed by atoms with Crippen LogP contribution < -0.4 is 5.32 Å². The number of nitriles is 1. The van der Waals surface area contributed by atoms with Crippen molar-refractivity contribution in [3.63, 3.8) is 0 Å². The van der Waals surface area contributed by atoms with Crippen LogP contribution in [-0.2, 0) is 22.1 Å². The molecular formula is C18H20N2O2S. The van der Waals surface area contributed by atoms with Gasteiger partial charge in [0, 0.05) is 6.54 Å². The molecule has 0 spiro atoms. The molecule has 0 heterocycles. The van der Waals surface area contributed by atoms with Crippen LogP contribution in [-0.4, -0.2) is 20.7 Å². The van der Waals surface area contributed by atoms with Crippen molar-refractivity contribution in [2.24, 2.45) is 0 Å². The summed E-state index contributed by atoms with van der Waals surface area (Å²) in [5.74, 6) is 0.283. The van der Waals surface area contributed by atoms with Crippen molar-refractivity contribution in [1.29, 1.82) is 5.26 Å². The zero-order chi connectivity index (χ0) is 16.5. The summed E-state index contributed by atoms with van der Waals surface area (Å²) in [5, 5.41) is 12.0. The number of nitrogens with one attached hydrogen (secondary N) is 1. The van der Waals surface area contributed by atoms with Gasteiger partial charge in [-0.1, -0.05) is 42.5 Å². The zero-order valence-corrected chi connectivity index (χ0v) is 13.7. The number of rotatable bonds is 8. The fourth-order valence-electron chi connectivity index (χ4n) is 2.25. The summed E-state index contributed by atoms with van der Waals surface area (Å²) in [6.07, 6.45) is 0.589. The first kappa shape index (κ1) is 17.2. The van der Waals surface area contributed by atoms with Gasteiger partial charge in [-0.05, 0) is 36.2 Å². The molecule has 0 unspecified atom stereocenters. The minimum Gasteiger partial charge on any atom is -0.313 e. The van der Waals surface area contributed by atoms with Gasteiger partial charge in [0.2, 0.25) is 0 Å². The van der Waals surface area contributed by atoms with E-state index in [9.17, 15) is 8.42 Å². The van der Waals surface area contributed by atoms with Crippen molar-refractivity contribution in [1.82, 2.24) is 5.32 Å². The lowest BCUT2D eigenvalue weighted by Gasteiger charge is -2.06. The summed E-state index contributed by atoms with van der Waals surface area (Å²) in [5.41, 5.74) is 2.55. The van der Waals surface area contributed by atoms with E-state index in [0.29, 0.717) is 25.1 Å². The van der Waals surface area contributed by atoms with Gasteiger partial charge < -0.3 is 5.32 Å². The predicted octanol–water partition coefficient (Wildman–Crippen LogP) is 2.65. The quantitative estimate of drug-likeness (QED) is 0.756. The van der Waals surface area contributed by atoms with Crippen LogP contribution >= 0.6 is 0 Å². The second kappa shape index (κ2) is 8.47. The van der Waals surface area contributed by atoms with Gasteiger partial charge in [0.15, 0.2) is 9.84 Å². The largest absolute Gasteiger partial charge is 0.313 e. The Bertz CT molecular complexity index is 748. The summed E-state index contributed by atoms with van der Waals surface area (Å²) >= 11 is 0. The molecule has 0 bridgehead atoms. The summed E-state index contributed by atoms with van der Waals surface area (Å²) in [6, 6.07) is 18.7. The average Bonchev–Trinajstić information content (AvgIpc) is 2.55. The fraction of sp³-hybridized carbons (Fsp3) is 0.278. The lowest BCUT2D eigenvalue weighted by atomic mass is 10.1. The van der Waals surface area contributed by atoms with Crippen molar-refractivity contribution < 1.29 is 8.42 Å². The highest BCUT2D eigenvalue weighted by atomic mass is 32.2.